The number of nitriles is 1. The second kappa shape index (κ2) is 3.23. The molecule has 4 heteroatoms. The van der Waals surface area contributed by atoms with E-state index in [0.717, 1.165) is 5.56 Å². The zero-order valence-electron chi connectivity index (χ0n) is 7.27. The predicted octanol–water partition coefficient (Wildman–Crippen LogP) is 1.80. The Morgan fingerprint density at radius 2 is 2.14 bits per heavy atom. The first kappa shape index (κ1) is 8.32. The minimum atomic E-state index is 0.243. The normalized spacial score (nSPS) is 9.64. The zero-order chi connectivity index (χ0) is 9.97. The molecule has 2 rings (SSSR count). The Morgan fingerprint density at radius 1 is 1.36 bits per heavy atom. The summed E-state index contributed by atoms with van der Waals surface area (Å²) in [5.41, 5.74) is 7.27. The summed E-state index contributed by atoms with van der Waals surface area (Å²) in [7, 11) is 0. The van der Waals surface area contributed by atoms with E-state index in [-0.39, 0.29) is 5.88 Å². The summed E-state index contributed by atoms with van der Waals surface area (Å²) in [6.45, 7) is 0. The van der Waals surface area contributed by atoms with Crippen molar-refractivity contribution in [1.82, 2.24) is 5.16 Å². The lowest BCUT2D eigenvalue weighted by molar-refractivity contribution is 0.439. The Balaban J connectivity index is 2.57. The van der Waals surface area contributed by atoms with E-state index >= 15 is 0 Å². The SMILES string of the molecule is N#Cc1ccccc1-c1cc(N)on1. The molecule has 0 aliphatic rings. The lowest BCUT2D eigenvalue weighted by atomic mass is 10.1. The average Bonchev–Trinajstić information content (AvgIpc) is 2.65. The third-order valence-corrected chi connectivity index (χ3v) is 1.85. The fraction of sp³-hybridized carbons (Fsp3) is 0. The Hall–Kier alpha value is -2.28. The average molecular weight is 185 g/mol. The van der Waals surface area contributed by atoms with Crippen molar-refractivity contribution in [3.63, 3.8) is 0 Å². The van der Waals surface area contributed by atoms with Crippen LogP contribution in [-0.2, 0) is 0 Å². The minimum absolute atomic E-state index is 0.243. The van der Waals surface area contributed by atoms with Gasteiger partial charge in [-0.15, -0.1) is 0 Å². The van der Waals surface area contributed by atoms with Crippen LogP contribution < -0.4 is 5.73 Å². The summed E-state index contributed by atoms with van der Waals surface area (Å²) in [4.78, 5) is 0. The van der Waals surface area contributed by atoms with E-state index in [1.807, 2.05) is 6.07 Å². The van der Waals surface area contributed by atoms with Gasteiger partial charge in [0.2, 0.25) is 5.88 Å². The van der Waals surface area contributed by atoms with E-state index < -0.39 is 0 Å². The molecule has 0 atom stereocenters. The molecule has 1 heterocycles. The van der Waals surface area contributed by atoms with Gasteiger partial charge in [0.15, 0.2) is 0 Å². The first-order valence-electron chi connectivity index (χ1n) is 4.03. The summed E-state index contributed by atoms with van der Waals surface area (Å²) < 4.78 is 4.74. The molecule has 1 aromatic carbocycles. The molecular weight excluding hydrogens is 178 g/mol. The van der Waals surface area contributed by atoms with Gasteiger partial charge in [0.05, 0.1) is 11.6 Å². The van der Waals surface area contributed by atoms with E-state index in [2.05, 4.69) is 11.2 Å². The molecule has 0 fully saturated rings. The van der Waals surface area contributed by atoms with Gasteiger partial charge in [-0.3, -0.25) is 0 Å². The highest BCUT2D eigenvalue weighted by atomic mass is 16.5. The van der Waals surface area contributed by atoms with Crippen LogP contribution in [0.2, 0.25) is 0 Å². The van der Waals surface area contributed by atoms with Crippen molar-refractivity contribution in [2.75, 3.05) is 5.73 Å². The molecule has 0 unspecified atom stereocenters. The summed E-state index contributed by atoms with van der Waals surface area (Å²) in [5.74, 6) is 0.243. The van der Waals surface area contributed by atoms with Crippen LogP contribution in [0.5, 0.6) is 0 Å². The summed E-state index contributed by atoms with van der Waals surface area (Å²) >= 11 is 0. The van der Waals surface area contributed by atoms with Crippen LogP contribution in [0.4, 0.5) is 5.88 Å². The van der Waals surface area contributed by atoms with Crippen molar-refractivity contribution in [2.24, 2.45) is 0 Å². The monoisotopic (exact) mass is 185 g/mol. The lowest BCUT2D eigenvalue weighted by Crippen LogP contribution is -1.82. The van der Waals surface area contributed by atoms with Gasteiger partial charge in [0.1, 0.15) is 5.69 Å². The third kappa shape index (κ3) is 1.31. The zero-order valence-corrected chi connectivity index (χ0v) is 7.27. The molecule has 0 radical (unpaired) electrons. The molecule has 2 aromatic rings. The van der Waals surface area contributed by atoms with Gasteiger partial charge in [-0.05, 0) is 6.07 Å². The quantitative estimate of drug-likeness (QED) is 0.734. The number of anilines is 1. The number of hydrogen-bond acceptors (Lipinski definition) is 4. The van der Waals surface area contributed by atoms with Crippen molar-refractivity contribution < 1.29 is 4.52 Å². The lowest BCUT2D eigenvalue weighted by Gasteiger charge is -1.96. The first-order valence-corrected chi connectivity index (χ1v) is 4.03. The van der Waals surface area contributed by atoms with E-state index in [0.29, 0.717) is 11.3 Å². The van der Waals surface area contributed by atoms with E-state index in [1.54, 1.807) is 24.3 Å². The molecule has 0 saturated heterocycles. The number of rotatable bonds is 1. The van der Waals surface area contributed by atoms with Crippen LogP contribution >= 0.6 is 0 Å². The second-order valence-electron chi connectivity index (χ2n) is 2.77. The molecular formula is C10H7N3O. The summed E-state index contributed by atoms with van der Waals surface area (Å²) in [6.07, 6.45) is 0. The van der Waals surface area contributed by atoms with Crippen LogP contribution in [-0.4, -0.2) is 5.16 Å². The van der Waals surface area contributed by atoms with Gasteiger partial charge in [-0.2, -0.15) is 5.26 Å². The number of hydrogen-bond donors (Lipinski definition) is 1. The molecule has 4 nitrogen and oxygen atoms in total. The van der Waals surface area contributed by atoms with Crippen LogP contribution in [0.3, 0.4) is 0 Å². The van der Waals surface area contributed by atoms with Gasteiger partial charge in [0.25, 0.3) is 0 Å². The highest BCUT2D eigenvalue weighted by Gasteiger charge is 2.07. The van der Waals surface area contributed by atoms with Crippen LogP contribution in [0, 0.1) is 11.3 Å². The summed E-state index contributed by atoms with van der Waals surface area (Å²) in [6, 6.07) is 10.8. The fourth-order valence-electron chi connectivity index (χ4n) is 1.22. The summed E-state index contributed by atoms with van der Waals surface area (Å²) in [5, 5.41) is 12.6. The first-order chi connectivity index (χ1) is 6.81. The Kier molecular flexibility index (Phi) is 1.92. The van der Waals surface area contributed by atoms with Gasteiger partial charge in [-0.1, -0.05) is 23.4 Å². The highest BCUT2D eigenvalue weighted by molar-refractivity contribution is 5.68. The Labute approximate surface area is 80.6 Å². The Bertz CT molecular complexity index is 496. The minimum Gasteiger partial charge on any atom is -0.368 e. The number of aromatic nitrogens is 1. The number of nitrogens with two attached hydrogens (primary N) is 1. The number of nitrogen functional groups attached to an aromatic ring is 1. The smallest absolute Gasteiger partial charge is 0.222 e. The number of nitrogens with zero attached hydrogens (tertiary/aromatic N) is 2. The fourth-order valence-corrected chi connectivity index (χ4v) is 1.22. The molecule has 0 amide bonds. The molecule has 0 bridgehead atoms. The third-order valence-electron chi connectivity index (χ3n) is 1.85. The van der Waals surface area contributed by atoms with Crippen molar-refractivity contribution in [2.45, 2.75) is 0 Å². The molecule has 0 saturated carbocycles. The van der Waals surface area contributed by atoms with E-state index in [9.17, 15) is 0 Å². The maximum absolute atomic E-state index is 8.85. The van der Waals surface area contributed by atoms with Crippen LogP contribution in [0.1, 0.15) is 5.56 Å². The Morgan fingerprint density at radius 3 is 2.79 bits per heavy atom. The largest absolute Gasteiger partial charge is 0.368 e. The van der Waals surface area contributed by atoms with Gasteiger partial charge in [-0.25, -0.2) is 0 Å². The molecule has 14 heavy (non-hydrogen) atoms. The highest BCUT2D eigenvalue weighted by Crippen LogP contribution is 2.23. The van der Waals surface area contributed by atoms with Crippen molar-refractivity contribution >= 4 is 5.88 Å². The molecule has 0 spiro atoms. The van der Waals surface area contributed by atoms with Crippen molar-refractivity contribution in [1.29, 1.82) is 5.26 Å². The molecule has 1 aromatic heterocycles. The standard InChI is InChI=1S/C10H7N3O/c11-6-7-3-1-2-4-8(7)9-5-10(12)14-13-9/h1-5H,12H2. The predicted molar refractivity (Wildman–Crippen MR) is 51.1 cm³/mol. The van der Waals surface area contributed by atoms with Crippen molar-refractivity contribution in [3.05, 3.63) is 35.9 Å². The van der Waals surface area contributed by atoms with Crippen LogP contribution in [0.25, 0.3) is 11.3 Å². The molecule has 0 aliphatic carbocycles. The van der Waals surface area contributed by atoms with Gasteiger partial charge in [0, 0.05) is 11.6 Å². The van der Waals surface area contributed by atoms with Crippen molar-refractivity contribution in [3.8, 4) is 17.3 Å². The maximum atomic E-state index is 8.85. The van der Waals surface area contributed by atoms with Gasteiger partial charge < -0.3 is 10.3 Å². The number of benzene rings is 1. The molecule has 0 aliphatic heterocycles. The van der Waals surface area contributed by atoms with Gasteiger partial charge >= 0.3 is 0 Å². The van der Waals surface area contributed by atoms with Crippen LogP contribution in [0.15, 0.2) is 34.9 Å². The molecule has 2 N–H and O–H groups in total. The second-order valence-corrected chi connectivity index (χ2v) is 2.77. The van der Waals surface area contributed by atoms with E-state index in [1.165, 1.54) is 0 Å². The molecule has 68 valence electrons. The topological polar surface area (TPSA) is 75.8 Å². The maximum Gasteiger partial charge on any atom is 0.222 e. The van der Waals surface area contributed by atoms with E-state index in [4.69, 9.17) is 15.5 Å².